The second kappa shape index (κ2) is 8.52. The van der Waals surface area contributed by atoms with Gasteiger partial charge >= 0.3 is 12.2 Å². The summed E-state index contributed by atoms with van der Waals surface area (Å²) in [5.41, 5.74) is 6.64. The van der Waals surface area contributed by atoms with Gasteiger partial charge in [-0.05, 0) is 31.0 Å². The standard InChI is InChI=1S/C18H22F3N5O2S/c1-12-14(15(22)27)29-17(26(12)11-13-3-6-23-7-4-13)25-10-9-24(16(25)28)8-2-5-18(19,20)21/h3-4,6-7,17H,2,5,8-11H2,1H3,(H2,22,27). The quantitative estimate of drug-likeness (QED) is 0.721. The highest BCUT2D eigenvalue weighted by Gasteiger charge is 2.42. The van der Waals surface area contributed by atoms with Crippen LogP contribution in [0.2, 0.25) is 0 Å². The Labute approximate surface area is 170 Å². The third-order valence-corrected chi connectivity index (χ3v) is 6.31. The largest absolute Gasteiger partial charge is 0.389 e. The highest BCUT2D eigenvalue weighted by Crippen LogP contribution is 2.41. The minimum Gasteiger partial charge on any atom is -0.365 e. The van der Waals surface area contributed by atoms with Gasteiger partial charge in [0.05, 0.1) is 4.91 Å². The van der Waals surface area contributed by atoms with E-state index in [0.717, 1.165) is 5.56 Å². The van der Waals surface area contributed by atoms with E-state index in [1.807, 2.05) is 17.0 Å². The molecular weight excluding hydrogens is 407 g/mol. The fraction of sp³-hybridized carbons (Fsp3) is 0.500. The van der Waals surface area contributed by atoms with E-state index in [1.54, 1.807) is 24.2 Å². The molecule has 1 unspecified atom stereocenters. The maximum absolute atomic E-state index is 12.8. The molecular formula is C18H22F3N5O2S. The van der Waals surface area contributed by atoms with Gasteiger partial charge < -0.3 is 15.5 Å². The summed E-state index contributed by atoms with van der Waals surface area (Å²) in [5.74, 6) is -0.566. The first-order valence-corrected chi connectivity index (χ1v) is 10.0. The van der Waals surface area contributed by atoms with Gasteiger partial charge in [-0.15, -0.1) is 0 Å². The second-order valence-corrected chi connectivity index (χ2v) is 7.95. The molecule has 0 spiro atoms. The topological polar surface area (TPSA) is 82.8 Å². The molecule has 0 radical (unpaired) electrons. The van der Waals surface area contributed by atoms with Gasteiger partial charge in [-0.3, -0.25) is 14.7 Å². The Bertz CT molecular complexity index is 802. The Morgan fingerprint density at radius 1 is 1.31 bits per heavy atom. The number of urea groups is 1. The Hall–Kier alpha value is -2.43. The van der Waals surface area contributed by atoms with Crippen LogP contribution in [0, 0.1) is 0 Å². The summed E-state index contributed by atoms with van der Waals surface area (Å²) in [4.78, 5) is 33.9. The Morgan fingerprint density at radius 3 is 2.62 bits per heavy atom. The molecule has 1 aromatic heterocycles. The fourth-order valence-corrected chi connectivity index (χ4v) is 4.68. The zero-order valence-electron chi connectivity index (χ0n) is 15.9. The van der Waals surface area contributed by atoms with Crippen LogP contribution in [0.15, 0.2) is 35.1 Å². The minimum absolute atomic E-state index is 0.0473. The number of hydrogen-bond donors (Lipinski definition) is 1. The predicted molar refractivity (Wildman–Crippen MR) is 102 cm³/mol. The molecule has 158 valence electrons. The number of nitrogens with zero attached hydrogens (tertiary/aromatic N) is 4. The van der Waals surface area contributed by atoms with Crippen LogP contribution in [0.1, 0.15) is 25.3 Å². The fourth-order valence-electron chi connectivity index (χ4n) is 3.38. The van der Waals surface area contributed by atoms with Crippen molar-refractivity contribution in [3.8, 4) is 0 Å². The SMILES string of the molecule is CC1=C(C(N)=O)SC(N2CCN(CCCC(F)(F)F)C2=O)N1Cc1ccncc1. The number of allylic oxidation sites excluding steroid dienone is 1. The first kappa shape index (κ1) is 21.3. The van der Waals surface area contributed by atoms with E-state index in [-0.39, 0.29) is 19.0 Å². The number of alkyl halides is 3. The summed E-state index contributed by atoms with van der Waals surface area (Å²) < 4.78 is 37.2. The summed E-state index contributed by atoms with van der Waals surface area (Å²) in [6.45, 7) is 2.98. The highest BCUT2D eigenvalue weighted by atomic mass is 32.2. The predicted octanol–water partition coefficient (Wildman–Crippen LogP) is 2.71. The minimum atomic E-state index is -4.23. The highest BCUT2D eigenvalue weighted by molar-refractivity contribution is 8.04. The lowest BCUT2D eigenvalue weighted by Crippen LogP contribution is -2.45. The first-order valence-electron chi connectivity index (χ1n) is 9.12. The van der Waals surface area contributed by atoms with Crippen molar-refractivity contribution in [3.63, 3.8) is 0 Å². The van der Waals surface area contributed by atoms with E-state index < -0.39 is 24.0 Å². The molecule has 0 aliphatic carbocycles. The van der Waals surface area contributed by atoms with E-state index in [2.05, 4.69) is 4.98 Å². The molecule has 0 bridgehead atoms. The molecule has 3 heterocycles. The van der Waals surface area contributed by atoms with Crippen molar-refractivity contribution in [1.29, 1.82) is 0 Å². The first-order chi connectivity index (χ1) is 13.7. The summed E-state index contributed by atoms with van der Waals surface area (Å²) in [6.07, 6.45) is -1.97. The lowest BCUT2D eigenvalue weighted by molar-refractivity contribution is -0.135. The Kier molecular flexibility index (Phi) is 6.25. The van der Waals surface area contributed by atoms with Crippen molar-refractivity contribution >= 4 is 23.7 Å². The van der Waals surface area contributed by atoms with E-state index in [4.69, 9.17) is 5.73 Å². The van der Waals surface area contributed by atoms with E-state index in [9.17, 15) is 22.8 Å². The third-order valence-electron chi connectivity index (χ3n) is 4.86. The van der Waals surface area contributed by atoms with Crippen molar-refractivity contribution in [3.05, 3.63) is 40.7 Å². The number of pyridine rings is 1. The number of thioether (sulfide) groups is 1. The molecule has 2 aliphatic rings. The van der Waals surface area contributed by atoms with Crippen LogP contribution in [0.5, 0.6) is 0 Å². The van der Waals surface area contributed by atoms with Crippen molar-refractivity contribution < 1.29 is 22.8 Å². The zero-order valence-corrected chi connectivity index (χ0v) is 16.7. The van der Waals surface area contributed by atoms with Crippen LogP contribution in [0.4, 0.5) is 18.0 Å². The molecule has 3 amide bonds. The molecule has 2 aliphatic heterocycles. The molecule has 1 atom stereocenters. The summed E-state index contributed by atoms with van der Waals surface area (Å²) in [5, 5.41) is 0. The smallest absolute Gasteiger partial charge is 0.365 e. The molecule has 2 N–H and O–H groups in total. The lowest BCUT2D eigenvalue weighted by Gasteiger charge is -2.34. The van der Waals surface area contributed by atoms with Crippen LogP contribution in [0.3, 0.4) is 0 Å². The van der Waals surface area contributed by atoms with Crippen LogP contribution in [-0.4, -0.2) is 62.9 Å². The van der Waals surface area contributed by atoms with E-state index in [0.29, 0.717) is 30.2 Å². The molecule has 0 aromatic carbocycles. The number of amides is 3. The maximum Gasteiger partial charge on any atom is 0.389 e. The number of hydrogen-bond acceptors (Lipinski definition) is 5. The average Bonchev–Trinajstić information content (AvgIpc) is 3.16. The second-order valence-electron chi connectivity index (χ2n) is 6.89. The van der Waals surface area contributed by atoms with Crippen molar-refractivity contribution in [2.45, 2.75) is 38.0 Å². The lowest BCUT2D eigenvalue weighted by atomic mass is 10.2. The van der Waals surface area contributed by atoms with Gasteiger partial charge in [0.1, 0.15) is 0 Å². The number of carbonyl (C=O) groups is 2. The molecule has 7 nitrogen and oxygen atoms in total. The van der Waals surface area contributed by atoms with Crippen LogP contribution >= 0.6 is 11.8 Å². The number of carbonyl (C=O) groups excluding carboxylic acids is 2. The molecule has 11 heteroatoms. The van der Waals surface area contributed by atoms with Crippen LogP contribution in [-0.2, 0) is 11.3 Å². The van der Waals surface area contributed by atoms with Crippen molar-refractivity contribution in [2.24, 2.45) is 5.73 Å². The van der Waals surface area contributed by atoms with Gasteiger partial charge in [0.15, 0.2) is 5.50 Å². The van der Waals surface area contributed by atoms with Crippen LogP contribution in [0.25, 0.3) is 0 Å². The number of aromatic nitrogens is 1. The Balaban J connectivity index is 1.72. The number of primary amides is 1. The third kappa shape index (κ3) is 4.95. The van der Waals surface area contributed by atoms with E-state index >= 15 is 0 Å². The summed E-state index contributed by atoms with van der Waals surface area (Å²) in [7, 11) is 0. The van der Waals surface area contributed by atoms with Gasteiger partial charge in [-0.25, -0.2) is 4.79 Å². The van der Waals surface area contributed by atoms with Crippen molar-refractivity contribution in [1.82, 2.24) is 19.7 Å². The normalized spacial score (nSPS) is 20.2. The molecule has 3 rings (SSSR count). The molecule has 1 fully saturated rings. The maximum atomic E-state index is 12.8. The summed E-state index contributed by atoms with van der Waals surface area (Å²) >= 11 is 1.20. The summed E-state index contributed by atoms with van der Waals surface area (Å²) in [6, 6.07) is 3.35. The molecule has 0 saturated carbocycles. The molecule has 1 aromatic rings. The number of rotatable bonds is 7. The zero-order chi connectivity index (χ0) is 21.2. The van der Waals surface area contributed by atoms with Gasteiger partial charge in [-0.1, -0.05) is 11.8 Å². The van der Waals surface area contributed by atoms with Crippen LogP contribution < -0.4 is 5.73 Å². The van der Waals surface area contributed by atoms with Gasteiger partial charge in [-0.2, -0.15) is 13.2 Å². The van der Waals surface area contributed by atoms with Gasteiger partial charge in [0.25, 0.3) is 5.91 Å². The monoisotopic (exact) mass is 429 g/mol. The van der Waals surface area contributed by atoms with Gasteiger partial charge in [0, 0.05) is 50.7 Å². The number of halogens is 3. The van der Waals surface area contributed by atoms with E-state index in [1.165, 1.54) is 16.7 Å². The number of nitrogens with two attached hydrogens (primary N) is 1. The Morgan fingerprint density at radius 2 is 2.00 bits per heavy atom. The van der Waals surface area contributed by atoms with Crippen molar-refractivity contribution in [2.75, 3.05) is 19.6 Å². The molecule has 29 heavy (non-hydrogen) atoms. The average molecular weight is 429 g/mol. The van der Waals surface area contributed by atoms with Gasteiger partial charge in [0.2, 0.25) is 0 Å². The molecule has 1 saturated heterocycles.